The maximum atomic E-state index is 12.9. The lowest BCUT2D eigenvalue weighted by Crippen LogP contribution is -2.35. The zero-order valence-electron chi connectivity index (χ0n) is 22.9. The fraction of sp³-hybridized carbons (Fsp3) is 0.433. The minimum Gasteiger partial charge on any atom is -0.481 e. The molecule has 2 heterocycles. The Hall–Kier alpha value is -3.29. The number of aryl methyl sites for hydroxylation is 2. The summed E-state index contributed by atoms with van der Waals surface area (Å²) >= 11 is 0. The van der Waals surface area contributed by atoms with E-state index in [-0.39, 0.29) is 18.0 Å². The fourth-order valence-corrected chi connectivity index (χ4v) is 4.95. The number of aromatic nitrogens is 2. The van der Waals surface area contributed by atoms with Crippen molar-refractivity contribution in [1.82, 2.24) is 19.8 Å². The molecule has 0 radical (unpaired) electrons. The van der Waals surface area contributed by atoms with Crippen LogP contribution in [-0.4, -0.2) is 46.2 Å². The number of hydrogen-bond donors (Lipinski definition) is 2. The van der Waals surface area contributed by atoms with Crippen LogP contribution < -0.4 is 10.9 Å². The Morgan fingerprint density at radius 1 is 1.11 bits per heavy atom. The molecule has 0 aliphatic heterocycles. The highest BCUT2D eigenvalue weighted by Crippen LogP contribution is 2.29. The quantitative estimate of drug-likeness (QED) is 0.362. The van der Waals surface area contributed by atoms with Crippen LogP contribution in [0.25, 0.3) is 11.1 Å². The standard InChI is InChI=1S/C30H40N4O3/c1-20(2)12-26(34-19-23(18-33(5)6)10-11-28(34)35)17-32-27(14-29(36)37)24-13-25(16-31-15-24)30-21(3)8-7-9-22(30)4/h7-11,13,15-16,19-20,26-27,32H,12,14,17-18H2,1-6H3,(H,36,37). The van der Waals surface area contributed by atoms with E-state index in [1.54, 1.807) is 16.8 Å². The molecule has 0 spiro atoms. The van der Waals surface area contributed by atoms with Crippen LogP contribution in [0, 0.1) is 19.8 Å². The van der Waals surface area contributed by atoms with E-state index in [2.05, 4.69) is 55.0 Å². The van der Waals surface area contributed by atoms with E-state index in [4.69, 9.17) is 0 Å². The third kappa shape index (κ3) is 7.84. The van der Waals surface area contributed by atoms with Gasteiger partial charge in [0.25, 0.3) is 5.56 Å². The van der Waals surface area contributed by atoms with E-state index < -0.39 is 12.0 Å². The van der Waals surface area contributed by atoms with Crippen molar-refractivity contribution in [2.75, 3.05) is 20.6 Å². The summed E-state index contributed by atoms with van der Waals surface area (Å²) in [6.07, 6.45) is 6.21. The Bertz CT molecular complexity index is 1250. The van der Waals surface area contributed by atoms with Crippen LogP contribution in [0.1, 0.15) is 61.0 Å². The van der Waals surface area contributed by atoms with E-state index in [1.165, 1.54) is 0 Å². The van der Waals surface area contributed by atoms with Gasteiger partial charge >= 0.3 is 5.97 Å². The number of aliphatic carboxylic acids is 1. The zero-order chi connectivity index (χ0) is 27.1. The number of hydrogen-bond acceptors (Lipinski definition) is 5. The Morgan fingerprint density at radius 3 is 2.43 bits per heavy atom. The van der Waals surface area contributed by atoms with Crippen molar-refractivity contribution in [1.29, 1.82) is 0 Å². The van der Waals surface area contributed by atoms with Gasteiger partial charge in [0.05, 0.1) is 6.42 Å². The summed E-state index contributed by atoms with van der Waals surface area (Å²) in [6.45, 7) is 9.61. The van der Waals surface area contributed by atoms with Gasteiger partial charge in [-0.2, -0.15) is 0 Å². The van der Waals surface area contributed by atoms with Gasteiger partial charge in [0.1, 0.15) is 0 Å². The average Bonchev–Trinajstić information content (AvgIpc) is 2.81. The van der Waals surface area contributed by atoms with Gasteiger partial charge in [0.15, 0.2) is 0 Å². The van der Waals surface area contributed by atoms with Crippen molar-refractivity contribution in [3.05, 3.63) is 87.6 Å². The van der Waals surface area contributed by atoms with Crippen LogP contribution in [0.5, 0.6) is 0 Å². The molecule has 0 saturated heterocycles. The maximum Gasteiger partial charge on any atom is 0.305 e. The summed E-state index contributed by atoms with van der Waals surface area (Å²) in [5.41, 5.74) is 6.21. The number of rotatable bonds is 12. The molecular formula is C30H40N4O3. The van der Waals surface area contributed by atoms with Crippen molar-refractivity contribution in [2.45, 2.75) is 59.2 Å². The largest absolute Gasteiger partial charge is 0.481 e. The Balaban J connectivity index is 1.92. The number of benzene rings is 1. The highest BCUT2D eigenvalue weighted by Gasteiger charge is 2.21. The molecule has 1 aromatic carbocycles. The minimum absolute atomic E-state index is 0.0524. The highest BCUT2D eigenvalue weighted by atomic mass is 16.4. The predicted molar refractivity (Wildman–Crippen MR) is 149 cm³/mol. The molecule has 0 aliphatic rings. The van der Waals surface area contributed by atoms with E-state index in [0.29, 0.717) is 12.5 Å². The Kier molecular flexibility index (Phi) is 9.78. The molecule has 0 fully saturated rings. The maximum absolute atomic E-state index is 12.9. The number of nitrogens with one attached hydrogen (secondary N) is 1. The van der Waals surface area contributed by atoms with Crippen molar-refractivity contribution < 1.29 is 9.90 Å². The van der Waals surface area contributed by atoms with Crippen molar-refractivity contribution in [3.63, 3.8) is 0 Å². The van der Waals surface area contributed by atoms with Crippen LogP contribution in [0.4, 0.5) is 0 Å². The summed E-state index contributed by atoms with van der Waals surface area (Å²) in [4.78, 5) is 31.2. The molecule has 198 valence electrons. The van der Waals surface area contributed by atoms with Gasteiger partial charge in [0.2, 0.25) is 0 Å². The van der Waals surface area contributed by atoms with Crippen molar-refractivity contribution in [2.24, 2.45) is 5.92 Å². The zero-order valence-corrected chi connectivity index (χ0v) is 22.9. The summed E-state index contributed by atoms with van der Waals surface area (Å²) in [5.74, 6) is -0.524. The summed E-state index contributed by atoms with van der Waals surface area (Å²) < 4.78 is 1.80. The average molecular weight is 505 g/mol. The molecule has 37 heavy (non-hydrogen) atoms. The highest BCUT2D eigenvalue weighted by molar-refractivity contribution is 5.71. The summed E-state index contributed by atoms with van der Waals surface area (Å²) in [5, 5.41) is 13.2. The SMILES string of the molecule is Cc1cccc(C)c1-c1cncc(C(CC(=O)O)NCC(CC(C)C)n2cc(CN(C)C)ccc2=O)c1. The van der Waals surface area contributed by atoms with E-state index in [1.807, 2.05) is 44.7 Å². The monoisotopic (exact) mass is 504 g/mol. The second-order valence-electron chi connectivity index (χ2n) is 10.6. The second-order valence-corrected chi connectivity index (χ2v) is 10.6. The smallest absolute Gasteiger partial charge is 0.305 e. The van der Waals surface area contributed by atoms with Crippen molar-refractivity contribution in [3.8, 4) is 11.1 Å². The number of carbonyl (C=O) groups is 1. The molecule has 0 bridgehead atoms. The molecule has 2 atom stereocenters. The normalized spacial score (nSPS) is 13.2. The molecular weight excluding hydrogens is 464 g/mol. The van der Waals surface area contributed by atoms with Crippen LogP contribution in [0.2, 0.25) is 0 Å². The predicted octanol–water partition coefficient (Wildman–Crippen LogP) is 4.98. The van der Waals surface area contributed by atoms with Gasteiger partial charge in [-0.3, -0.25) is 14.6 Å². The third-order valence-electron chi connectivity index (χ3n) is 6.55. The number of carboxylic acid groups (broad SMARTS) is 1. The summed E-state index contributed by atoms with van der Waals surface area (Å²) in [6, 6.07) is 11.1. The van der Waals surface area contributed by atoms with Gasteiger partial charge in [-0.1, -0.05) is 38.1 Å². The topological polar surface area (TPSA) is 87.5 Å². The first-order valence-corrected chi connectivity index (χ1v) is 12.9. The Labute approximate surface area is 220 Å². The van der Waals surface area contributed by atoms with Gasteiger partial charge < -0.3 is 19.9 Å². The second kappa shape index (κ2) is 12.8. The molecule has 3 aromatic rings. The number of pyridine rings is 2. The van der Waals surface area contributed by atoms with Crippen LogP contribution in [0.3, 0.4) is 0 Å². The first kappa shape index (κ1) is 28.3. The van der Waals surface area contributed by atoms with E-state index >= 15 is 0 Å². The van der Waals surface area contributed by atoms with E-state index in [9.17, 15) is 14.7 Å². The summed E-state index contributed by atoms with van der Waals surface area (Å²) in [7, 11) is 4.00. The lowest BCUT2D eigenvalue weighted by atomic mass is 9.94. The Morgan fingerprint density at radius 2 is 1.81 bits per heavy atom. The van der Waals surface area contributed by atoms with Gasteiger partial charge in [0, 0.05) is 55.4 Å². The molecule has 7 heteroatoms. The molecule has 2 aromatic heterocycles. The number of nitrogens with zero attached hydrogens (tertiary/aromatic N) is 3. The lowest BCUT2D eigenvalue weighted by Gasteiger charge is -2.26. The van der Waals surface area contributed by atoms with Crippen molar-refractivity contribution >= 4 is 5.97 Å². The van der Waals surface area contributed by atoms with Crippen LogP contribution in [0.15, 0.2) is 59.8 Å². The van der Waals surface area contributed by atoms with Gasteiger partial charge in [-0.25, -0.2) is 0 Å². The van der Waals surface area contributed by atoms with E-state index in [0.717, 1.165) is 46.3 Å². The minimum atomic E-state index is -0.888. The van der Waals surface area contributed by atoms with Gasteiger partial charge in [-0.05, 0) is 74.2 Å². The molecule has 2 N–H and O–H groups in total. The first-order valence-electron chi connectivity index (χ1n) is 12.9. The molecule has 3 rings (SSSR count). The van der Waals surface area contributed by atoms with Crippen LogP contribution >= 0.6 is 0 Å². The van der Waals surface area contributed by atoms with Crippen LogP contribution in [-0.2, 0) is 11.3 Å². The molecule has 2 unspecified atom stereocenters. The molecule has 0 aliphatic carbocycles. The number of carboxylic acids is 1. The fourth-order valence-electron chi connectivity index (χ4n) is 4.95. The first-order chi connectivity index (χ1) is 17.5. The van der Waals surface area contributed by atoms with Gasteiger partial charge in [-0.15, -0.1) is 0 Å². The lowest BCUT2D eigenvalue weighted by molar-refractivity contribution is -0.137. The molecule has 0 saturated carbocycles. The molecule has 0 amide bonds. The molecule has 7 nitrogen and oxygen atoms in total. The third-order valence-corrected chi connectivity index (χ3v) is 6.55.